The molecular weight excluding hydrogens is 400 g/mol. The Hall–Kier alpha value is -2.22. The average molecular weight is 427 g/mol. The van der Waals surface area contributed by atoms with Gasteiger partial charge in [-0.3, -0.25) is 4.79 Å². The van der Waals surface area contributed by atoms with Crippen LogP contribution in [0.2, 0.25) is 0 Å². The summed E-state index contributed by atoms with van der Waals surface area (Å²) in [6.45, 7) is 3.14. The van der Waals surface area contributed by atoms with Crippen molar-refractivity contribution in [1.82, 2.24) is 9.21 Å². The Morgan fingerprint density at radius 3 is 2.17 bits per heavy atom. The monoisotopic (exact) mass is 426 g/mol. The maximum absolute atomic E-state index is 13.5. The molecule has 3 saturated heterocycles. The number of benzene rings is 2. The topological polar surface area (TPSA) is 66.9 Å². The van der Waals surface area contributed by atoms with Crippen molar-refractivity contribution >= 4 is 15.9 Å². The SMILES string of the molecule is O=C(C1CCC(c2ccccc2)N(S(=O)(=O)c2ccccc2)C1)N1CC2(COC2)C1. The number of nitrogens with zero attached hydrogens (tertiary/aromatic N) is 2. The highest BCUT2D eigenvalue weighted by molar-refractivity contribution is 7.89. The summed E-state index contributed by atoms with van der Waals surface area (Å²) in [5.41, 5.74) is 1.13. The molecule has 0 aliphatic carbocycles. The van der Waals surface area contributed by atoms with Crippen molar-refractivity contribution in [3.63, 3.8) is 0 Å². The van der Waals surface area contributed by atoms with Gasteiger partial charge in [0.15, 0.2) is 0 Å². The van der Waals surface area contributed by atoms with Gasteiger partial charge in [-0.05, 0) is 30.5 Å². The Labute approximate surface area is 177 Å². The lowest BCUT2D eigenvalue weighted by atomic mass is 9.77. The Balaban J connectivity index is 1.41. The highest BCUT2D eigenvalue weighted by Gasteiger charge is 2.52. The minimum absolute atomic E-state index is 0.0762. The van der Waals surface area contributed by atoms with Gasteiger partial charge in [0.1, 0.15) is 0 Å². The number of rotatable bonds is 4. The van der Waals surface area contributed by atoms with Crippen LogP contribution in [0.15, 0.2) is 65.6 Å². The van der Waals surface area contributed by atoms with Gasteiger partial charge in [0, 0.05) is 19.6 Å². The molecule has 0 N–H and O–H groups in total. The lowest BCUT2D eigenvalue weighted by Gasteiger charge is -2.56. The first-order chi connectivity index (χ1) is 14.5. The van der Waals surface area contributed by atoms with E-state index in [1.807, 2.05) is 35.2 Å². The van der Waals surface area contributed by atoms with Crippen LogP contribution in [0.1, 0.15) is 24.4 Å². The Morgan fingerprint density at radius 1 is 0.933 bits per heavy atom. The second-order valence-electron chi connectivity index (χ2n) is 8.78. The number of carbonyl (C=O) groups is 1. The van der Waals surface area contributed by atoms with E-state index in [4.69, 9.17) is 4.74 Å². The van der Waals surface area contributed by atoms with Gasteiger partial charge in [-0.1, -0.05) is 48.5 Å². The summed E-state index contributed by atoms with van der Waals surface area (Å²) in [5.74, 6) is -0.228. The fraction of sp³-hybridized carbons (Fsp3) is 0.435. The van der Waals surface area contributed by atoms with E-state index in [0.717, 1.165) is 31.9 Å². The van der Waals surface area contributed by atoms with E-state index in [1.165, 1.54) is 0 Å². The molecule has 1 amide bonds. The number of piperidine rings is 1. The molecular formula is C23H26N2O4S. The van der Waals surface area contributed by atoms with E-state index in [9.17, 15) is 13.2 Å². The zero-order chi connectivity index (χ0) is 20.8. The molecule has 2 atom stereocenters. The standard InChI is InChI=1S/C23H26N2O4S/c26-22(24-14-23(15-24)16-29-17-23)19-11-12-21(18-7-3-1-4-8-18)25(13-19)30(27,28)20-9-5-2-6-10-20/h1-10,19,21H,11-17H2. The van der Waals surface area contributed by atoms with E-state index in [-0.39, 0.29) is 34.7 Å². The number of ether oxygens (including phenoxy) is 1. The number of carbonyl (C=O) groups excluding carboxylic acids is 1. The largest absolute Gasteiger partial charge is 0.380 e. The maximum Gasteiger partial charge on any atom is 0.243 e. The number of hydrogen-bond acceptors (Lipinski definition) is 4. The van der Waals surface area contributed by atoms with E-state index in [2.05, 4.69) is 0 Å². The minimum atomic E-state index is -3.71. The Kier molecular flexibility index (Phi) is 4.92. The summed E-state index contributed by atoms with van der Waals surface area (Å²) < 4.78 is 33.9. The van der Waals surface area contributed by atoms with Crippen LogP contribution in [0, 0.1) is 11.3 Å². The van der Waals surface area contributed by atoms with Crippen molar-refractivity contribution in [2.45, 2.75) is 23.8 Å². The molecule has 5 rings (SSSR count). The van der Waals surface area contributed by atoms with Crippen molar-refractivity contribution in [2.75, 3.05) is 32.8 Å². The molecule has 0 saturated carbocycles. The zero-order valence-electron chi connectivity index (χ0n) is 16.8. The first-order valence-electron chi connectivity index (χ1n) is 10.5. The molecule has 0 bridgehead atoms. The van der Waals surface area contributed by atoms with Gasteiger partial charge in [-0.15, -0.1) is 0 Å². The summed E-state index contributed by atoms with van der Waals surface area (Å²) in [4.78, 5) is 15.3. The normalized spacial score (nSPS) is 26.1. The van der Waals surface area contributed by atoms with E-state index in [0.29, 0.717) is 12.8 Å². The molecule has 0 radical (unpaired) electrons. The lowest BCUT2D eigenvalue weighted by Crippen LogP contribution is -2.68. The zero-order valence-corrected chi connectivity index (χ0v) is 17.6. The highest BCUT2D eigenvalue weighted by Crippen LogP contribution is 2.41. The molecule has 3 aliphatic rings. The van der Waals surface area contributed by atoms with Crippen molar-refractivity contribution < 1.29 is 17.9 Å². The molecule has 2 aromatic rings. The van der Waals surface area contributed by atoms with Gasteiger partial charge in [-0.2, -0.15) is 4.31 Å². The molecule has 2 unspecified atom stereocenters. The molecule has 30 heavy (non-hydrogen) atoms. The van der Waals surface area contributed by atoms with Crippen LogP contribution >= 0.6 is 0 Å². The van der Waals surface area contributed by atoms with Crippen molar-refractivity contribution in [1.29, 1.82) is 0 Å². The minimum Gasteiger partial charge on any atom is -0.380 e. The van der Waals surface area contributed by atoms with Gasteiger partial charge >= 0.3 is 0 Å². The molecule has 7 heteroatoms. The summed E-state index contributed by atoms with van der Waals surface area (Å²) in [6, 6.07) is 18.0. The van der Waals surface area contributed by atoms with Gasteiger partial charge in [0.05, 0.1) is 35.5 Å². The average Bonchev–Trinajstić information content (AvgIpc) is 2.72. The molecule has 1 spiro atoms. The van der Waals surface area contributed by atoms with Crippen molar-refractivity contribution in [3.05, 3.63) is 66.2 Å². The molecule has 3 heterocycles. The molecule has 0 aromatic heterocycles. The third kappa shape index (κ3) is 3.35. The van der Waals surface area contributed by atoms with Crippen molar-refractivity contribution in [2.24, 2.45) is 11.3 Å². The van der Waals surface area contributed by atoms with Gasteiger partial charge in [0.2, 0.25) is 15.9 Å². The van der Waals surface area contributed by atoms with Crippen LogP contribution in [0.3, 0.4) is 0 Å². The van der Waals surface area contributed by atoms with E-state index >= 15 is 0 Å². The predicted molar refractivity (Wildman–Crippen MR) is 112 cm³/mol. The quantitative estimate of drug-likeness (QED) is 0.754. The fourth-order valence-electron chi connectivity index (χ4n) is 4.89. The number of sulfonamides is 1. The maximum atomic E-state index is 13.5. The molecule has 158 valence electrons. The first-order valence-corrected chi connectivity index (χ1v) is 11.9. The Bertz CT molecular complexity index is 1010. The number of amides is 1. The van der Waals surface area contributed by atoms with Gasteiger partial charge < -0.3 is 9.64 Å². The Morgan fingerprint density at radius 2 is 1.57 bits per heavy atom. The number of likely N-dealkylation sites (tertiary alicyclic amines) is 1. The smallest absolute Gasteiger partial charge is 0.243 e. The summed E-state index contributed by atoms with van der Waals surface area (Å²) in [5, 5.41) is 0. The lowest BCUT2D eigenvalue weighted by molar-refractivity contribution is -0.198. The third-order valence-electron chi connectivity index (χ3n) is 6.60. The van der Waals surface area contributed by atoms with E-state index < -0.39 is 10.0 Å². The molecule has 6 nitrogen and oxygen atoms in total. The molecule has 3 aliphatic heterocycles. The van der Waals surface area contributed by atoms with Crippen LogP contribution in [0.5, 0.6) is 0 Å². The van der Waals surface area contributed by atoms with Crippen LogP contribution in [-0.4, -0.2) is 56.4 Å². The molecule has 2 aromatic carbocycles. The summed E-state index contributed by atoms with van der Waals surface area (Å²) in [7, 11) is -3.71. The number of hydrogen-bond donors (Lipinski definition) is 0. The van der Waals surface area contributed by atoms with Gasteiger partial charge in [0.25, 0.3) is 0 Å². The predicted octanol–water partition coefficient (Wildman–Crippen LogP) is 2.69. The van der Waals surface area contributed by atoms with Crippen LogP contribution in [-0.2, 0) is 19.6 Å². The van der Waals surface area contributed by atoms with E-state index in [1.54, 1.807) is 34.6 Å². The first kappa shape index (κ1) is 19.7. The van der Waals surface area contributed by atoms with Crippen LogP contribution < -0.4 is 0 Å². The second kappa shape index (κ2) is 7.48. The fourth-order valence-corrected chi connectivity index (χ4v) is 6.60. The third-order valence-corrected chi connectivity index (χ3v) is 8.49. The summed E-state index contributed by atoms with van der Waals surface area (Å²) >= 11 is 0. The van der Waals surface area contributed by atoms with Gasteiger partial charge in [-0.25, -0.2) is 8.42 Å². The second-order valence-corrected chi connectivity index (χ2v) is 10.7. The molecule has 3 fully saturated rings. The van der Waals surface area contributed by atoms with Crippen LogP contribution in [0.25, 0.3) is 0 Å². The summed E-state index contributed by atoms with van der Waals surface area (Å²) in [6.07, 6.45) is 1.33. The highest BCUT2D eigenvalue weighted by atomic mass is 32.2. The van der Waals surface area contributed by atoms with Crippen molar-refractivity contribution in [3.8, 4) is 0 Å². The van der Waals surface area contributed by atoms with Crippen LogP contribution in [0.4, 0.5) is 0 Å².